The van der Waals surface area contributed by atoms with Crippen LogP contribution in [0.25, 0.3) is 0 Å². The van der Waals surface area contributed by atoms with Gasteiger partial charge in [-0.15, -0.1) is 0 Å². The van der Waals surface area contributed by atoms with Gasteiger partial charge < -0.3 is 0 Å². The van der Waals surface area contributed by atoms with Crippen LogP contribution in [0.1, 0.15) is 6.92 Å². The van der Waals surface area contributed by atoms with E-state index in [1.807, 2.05) is 0 Å². The normalized spacial score (nSPS) is 16.0. The lowest BCUT2D eigenvalue weighted by Gasteiger charge is -2.43. The Morgan fingerprint density at radius 2 is 0.667 bits per heavy atom. The minimum atomic E-state index is -6.32. The molecule has 0 amide bonds. The molecule has 0 aromatic carbocycles. The Balaban J connectivity index is 6.21. The lowest BCUT2D eigenvalue weighted by atomic mass is 9.54. The standard InChI is InChI=1S/C8H7BF12/c1-4(9,2(5(10,11)12)6(13,14)15)3(7(16,17)18)8(19,20)21/h2-3H,9H2,1H3. The summed E-state index contributed by atoms with van der Waals surface area (Å²) in [6.07, 6.45) is -25.3. The topological polar surface area (TPSA) is 0 Å². The molecule has 0 bridgehead atoms. The Bertz CT molecular complexity index is 293. The lowest BCUT2D eigenvalue weighted by Crippen LogP contribution is -2.54. The van der Waals surface area contributed by atoms with Crippen molar-refractivity contribution in [3.63, 3.8) is 0 Å². The molecule has 0 saturated carbocycles. The highest BCUT2D eigenvalue weighted by Crippen LogP contribution is 2.62. The van der Waals surface area contributed by atoms with E-state index < -0.39 is 41.9 Å². The van der Waals surface area contributed by atoms with Crippen molar-refractivity contribution in [2.24, 2.45) is 11.8 Å². The molecule has 0 aliphatic heterocycles. The highest BCUT2D eigenvalue weighted by atomic mass is 19.4. The van der Waals surface area contributed by atoms with Crippen LogP contribution in [0.5, 0.6) is 0 Å². The first-order chi connectivity index (χ1) is 8.73. The van der Waals surface area contributed by atoms with E-state index in [-0.39, 0.29) is 14.8 Å². The van der Waals surface area contributed by atoms with Crippen molar-refractivity contribution in [3.8, 4) is 0 Å². The minimum absolute atomic E-state index is 0.357. The Kier molecular flexibility index (Phi) is 4.96. The lowest BCUT2D eigenvalue weighted by molar-refractivity contribution is -0.340. The number of halogens is 12. The van der Waals surface area contributed by atoms with Gasteiger partial charge in [-0.2, -0.15) is 52.7 Å². The van der Waals surface area contributed by atoms with Gasteiger partial charge in [0.05, 0.1) is 0 Å². The van der Waals surface area contributed by atoms with E-state index in [1.165, 1.54) is 0 Å². The Hall–Kier alpha value is -0.775. The van der Waals surface area contributed by atoms with E-state index in [2.05, 4.69) is 0 Å². The first kappa shape index (κ1) is 20.2. The van der Waals surface area contributed by atoms with E-state index in [0.29, 0.717) is 0 Å². The van der Waals surface area contributed by atoms with Crippen LogP contribution < -0.4 is 0 Å². The molecule has 0 radical (unpaired) electrons. The van der Waals surface area contributed by atoms with Gasteiger partial charge in [0.1, 0.15) is 19.7 Å². The van der Waals surface area contributed by atoms with Crippen LogP contribution in [0.3, 0.4) is 0 Å². The molecule has 0 aliphatic carbocycles. The molecular weight excluding hydrogens is 335 g/mol. The maximum absolute atomic E-state index is 12.4. The van der Waals surface area contributed by atoms with E-state index >= 15 is 0 Å². The summed E-state index contributed by atoms with van der Waals surface area (Å²) < 4.78 is 149. The van der Waals surface area contributed by atoms with Crippen molar-refractivity contribution in [3.05, 3.63) is 0 Å². The zero-order valence-corrected chi connectivity index (χ0v) is 10.2. The molecule has 0 unspecified atom stereocenters. The number of hydrogen-bond donors (Lipinski definition) is 0. The van der Waals surface area contributed by atoms with Crippen molar-refractivity contribution >= 4 is 7.85 Å². The third-order valence-corrected chi connectivity index (χ3v) is 2.80. The second kappa shape index (κ2) is 5.15. The largest absolute Gasteiger partial charge is 0.400 e. The summed E-state index contributed by atoms with van der Waals surface area (Å²) in [5.74, 6) is -9.57. The molecule has 0 spiro atoms. The summed E-state index contributed by atoms with van der Waals surface area (Å²) in [5.41, 5.74) is 0. The van der Waals surface area contributed by atoms with Crippen LogP contribution in [-0.2, 0) is 0 Å². The molecular formula is C8H7BF12. The fourth-order valence-electron chi connectivity index (χ4n) is 2.23. The molecule has 0 atom stereocenters. The van der Waals surface area contributed by atoms with Gasteiger partial charge in [0.15, 0.2) is 0 Å². The Labute approximate surface area is 110 Å². The van der Waals surface area contributed by atoms with Crippen molar-refractivity contribution in [2.45, 2.75) is 36.9 Å². The molecule has 0 aromatic rings. The molecule has 0 aliphatic rings. The van der Waals surface area contributed by atoms with Crippen molar-refractivity contribution < 1.29 is 52.7 Å². The van der Waals surface area contributed by atoms with Crippen molar-refractivity contribution in [1.82, 2.24) is 0 Å². The van der Waals surface area contributed by atoms with E-state index in [0.717, 1.165) is 0 Å². The summed E-state index contributed by atoms with van der Waals surface area (Å²) in [7, 11) is -0.357. The van der Waals surface area contributed by atoms with Crippen molar-refractivity contribution in [1.29, 1.82) is 0 Å². The second-order valence-electron chi connectivity index (χ2n) is 4.85. The van der Waals surface area contributed by atoms with Gasteiger partial charge in [-0.3, -0.25) is 0 Å². The predicted octanol–water partition coefficient (Wildman–Crippen LogP) is 4.28. The fraction of sp³-hybridized carbons (Fsp3) is 1.00. The minimum Gasteiger partial charge on any atom is -0.170 e. The average Bonchev–Trinajstić information content (AvgIpc) is 1.84. The summed E-state index contributed by atoms with van der Waals surface area (Å²) in [6.45, 7) is -0.357. The number of hydrogen-bond acceptors (Lipinski definition) is 0. The molecule has 21 heavy (non-hydrogen) atoms. The zero-order chi connectivity index (χ0) is 17.7. The molecule has 0 N–H and O–H groups in total. The van der Waals surface area contributed by atoms with Crippen LogP contribution in [0.4, 0.5) is 52.7 Å². The van der Waals surface area contributed by atoms with Gasteiger partial charge >= 0.3 is 24.7 Å². The van der Waals surface area contributed by atoms with Gasteiger partial charge in [-0.25, -0.2) is 0 Å². The summed E-state index contributed by atoms with van der Waals surface area (Å²) >= 11 is 0. The summed E-state index contributed by atoms with van der Waals surface area (Å²) in [6, 6.07) is 0. The quantitative estimate of drug-likeness (QED) is 0.519. The molecule has 0 heterocycles. The third kappa shape index (κ3) is 4.60. The average molecular weight is 342 g/mol. The van der Waals surface area contributed by atoms with Gasteiger partial charge in [-0.1, -0.05) is 6.92 Å². The van der Waals surface area contributed by atoms with Crippen LogP contribution in [0.2, 0.25) is 5.31 Å². The van der Waals surface area contributed by atoms with Crippen LogP contribution in [-0.4, -0.2) is 32.6 Å². The number of rotatable bonds is 2. The predicted molar refractivity (Wildman–Crippen MR) is 48.1 cm³/mol. The van der Waals surface area contributed by atoms with E-state index in [4.69, 9.17) is 0 Å². The molecule has 0 fully saturated rings. The maximum Gasteiger partial charge on any atom is 0.400 e. The fourth-order valence-corrected chi connectivity index (χ4v) is 2.23. The second-order valence-corrected chi connectivity index (χ2v) is 4.85. The smallest absolute Gasteiger partial charge is 0.170 e. The molecule has 0 saturated heterocycles. The molecule has 0 rings (SSSR count). The van der Waals surface area contributed by atoms with Crippen LogP contribution in [0, 0.1) is 11.8 Å². The molecule has 0 nitrogen and oxygen atoms in total. The molecule has 0 aromatic heterocycles. The highest BCUT2D eigenvalue weighted by molar-refractivity contribution is 6.15. The van der Waals surface area contributed by atoms with Gasteiger partial charge in [0.2, 0.25) is 0 Å². The van der Waals surface area contributed by atoms with Gasteiger partial charge in [0.25, 0.3) is 0 Å². The first-order valence-corrected chi connectivity index (χ1v) is 5.00. The van der Waals surface area contributed by atoms with E-state index in [1.54, 1.807) is 0 Å². The van der Waals surface area contributed by atoms with Gasteiger partial charge in [0, 0.05) is 0 Å². The highest BCUT2D eigenvalue weighted by Gasteiger charge is 2.73. The Morgan fingerprint density at radius 3 is 0.762 bits per heavy atom. The SMILES string of the molecule is BC(C)(C(C(F)(F)F)C(F)(F)F)C(C(F)(F)F)C(F)(F)F. The third-order valence-electron chi connectivity index (χ3n) is 2.80. The van der Waals surface area contributed by atoms with Crippen LogP contribution in [0.15, 0.2) is 0 Å². The monoisotopic (exact) mass is 342 g/mol. The Morgan fingerprint density at radius 1 is 0.524 bits per heavy atom. The van der Waals surface area contributed by atoms with Gasteiger partial charge in [-0.05, 0) is 5.31 Å². The first-order valence-electron chi connectivity index (χ1n) is 5.00. The van der Waals surface area contributed by atoms with E-state index in [9.17, 15) is 52.7 Å². The molecule has 126 valence electrons. The van der Waals surface area contributed by atoms with Crippen LogP contribution >= 0.6 is 0 Å². The van der Waals surface area contributed by atoms with Crippen molar-refractivity contribution in [2.75, 3.05) is 0 Å². The summed E-state index contributed by atoms with van der Waals surface area (Å²) in [4.78, 5) is 0. The molecule has 13 heteroatoms. The number of alkyl halides is 12. The summed E-state index contributed by atoms with van der Waals surface area (Å²) in [5, 5.41) is -4.23. The zero-order valence-electron chi connectivity index (χ0n) is 10.2. The maximum atomic E-state index is 12.4.